The van der Waals surface area contributed by atoms with Gasteiger partial charge in [-0.3, -0.25) is 0 Å². The maximum Gasteiger partial charge on any atom is 0.110 e. The summed E-state index contributed by atoms with van der Waals surface area (Å²) >= 11 is 0. The second-order valence-electron chi connectivity index (χ2n) is 5.14. The lowest BCUT2D eigenvalue weighted by Gasteiger charge is -2.27. The summed E-state index contributed by atoms with van der Waals surface area (Å²) in [5, 5.41) is 10.3. The van der Waals surface area contributed by atoms with Crippen molar-refractivity contribution < 1.29 is 9.84 Å². The van der Waals surface area contributed by atoms with E-state index in [-0.39, 0.29) is 12.1 Å². The number of nitrogens with two attached hydrogens (primary N) is 1. The minimum absolute atomic E-state index is 0.254. The van der Waals surface area contributed by atoms with E-state index >= 15 is 0 Å². The summed E-state index contributed by atoms with van der Waals surface area (Å²) in [4.78, 5) is 0. The standard InChI is InChI=1S/C14H23NO2/c1-4-13(2,15)10-17-11-14(3,16)12-8-6-5-7-9-12/h5-9,16H,4,10-11,15H2,1-3H3. The molecule has 0 saturated carbocycles. The topological polar surface area (TPSA) is 55.5 Å². The number of benzene rings is 1. The van der Waals surface area contributed by atoms with E-state index < -0.39 is 5.60 Å². The predicted molar refractivity (Wildman–Crippen MR) is 69.7 cm³/mol. The molecule has 0 aliphatic heterocycles. The first-order valence-corrected chi connectivity index (χ1v) is 6.02. The molecule has 0 heterocycles. The van der Waals surface area contributed by atoms with Crippen LogP contribution in [0.25, 0.3) is 0 Å². The average molecular weight is 237 g/mol. The smallest absolute Gasteiger partial charge is 0.110 e. The Hall–Kier alpha value is -0.900. The Morgan fingerprint density at radius 3 is 2.29 bits per heavy atom. The minimum Gasteiger partial charge on any atom is -0.383 e. The van der Waals surface area contributed by atoms with Gasteiger partial charge >= 0.3 is 0 Å². The molecule has 17 heavy (non-hydrogen) atoms. The first-order chi connectivity index (χ1) is 7.87. The van der Waals surface area contributed by atoms with E-state index in [0.29, 0.717) is 6.61 Å². The third-order valence-electron chi connectivity index (χ3n) is 3.02. The molecule has 0 saturated heterocycles. The van der Waals surface area contributed by atoms with Crippen LogP contribution in [0.5, 0.6) is 0 Å². The summed E-state index contributed by atoms with van der Waals surface area (Å²) in [6.07, 6.45) is 0.848. The molecule has 2 atom stereocenters. The normalized spacial score (nSPS) is 18.4. The van der Waals surface area contributed by atoms with Crippen LogP contribution in [0.1, 0.15) is 32.8 Å². The first-order valence-electron chi connectivity index (χ1n) is 6.02. The fraction of sp³-hybridized carbons (Fsp3) is 0.571. The third kappa shape index (κ3) is 4.46. The van der Waals surface area contributed by atoms with Gasteiger partial charge in [0, 0.05) is 5.54 Å². The van der Waals surface area contributed by atoms with E-state index in [0.717, 1.165) is 12.0 Å². The lowest BCUT2D eigenvalue weighted by Crippen LogP contribution is -2.42. The summed E-state index contributed by atoms with van der Waals surface area (Å²) in [6, 6.07) is 9.52. The van der Waals surface area contributed by atoms with Crippen LogP contribution >= 0.6 is 0 Å². The monoisotopic (exact) mass is 237 g/mol. The van der Waals surface area contributed by atoms with Crippen LogP contribution in [-0.4, -0.2) is 23.9 Å². The van der Waals surface area contributed by atoms with Crippen molar-refractivity contribution in [1.29, 1.82) is 0 Å². The molecule has 1 rings (SSSR count). The van der Waals surface area contributed by atoms with Crippen LogP contribution in [0.3, 0.4) is 0 Å². The van der Waals surface area contributed by atoms with Crippen molar-refractivity contribution in [3.63, 3.8) is 0 Å². The number of ether oxygens (including phenoxy) is 1. The van der Waals surface area contributed by atoms with Crippen LogP contribution in [0.4, 0.5) is 0 Å². The second kappa shape index (κ2) is 5.63. The molecule has 3 nitrogen and oxygen atoms in total. The zero-order valence-electron chi connectivity index (χ0n) is 10.9. The van der Waals surface area contributed by atoms with E-state index in [1.54, 1.807) is 6.92 Å². The van der Waals surface area contributed by atoms with Gasteiger partial charge in [0.25, 0.3) is 0 Å². The van der Waals surface area contributed by atoms with Crippen molar-refractivity contribution in [3.8, 4) is 0 Å². The van der Waals surface area contributed by atoms with Crippen molar-refractivity contribution in [2.24, 2.45) is 5.73 Å². The Morgan fingerprint density at radius 2 is 1.76 bits per heavy atom. The van der Waals surface area contributed by atoms with Crippen LogP contribution in [-0.2, 0) is 10.3 Å². The predicted octanol–water partition coefficient (Wildman–Crippen LogP) is 2.04. The molecule has 2 unspecified atom stereocenters. The number of hydrogen-bond acceptors (Lipinski definition) is 3. The minimum atomic E-state index is -0.967. The lowest BCUT2D eigenvalue weighted by molar-refractivity contribution is -0.0483. The molecule has 1 aromatic rings. The zero-order chi connectivity index (χ0) is 12.9. The molecule has 0 aromatic heterocycles. The second-order valence-corrected chi connectivity index (χ2v) is 5.14. The van der Waals surface area contributed by atoms with Crippen molar-refractivity contribution in [2.75, 3.05) is 13.2 Å². The number of rotatable bonds is 6. The number of aliphatic hydroxyl groups is 1. The van der Waals surface area contributed by atoms with Gasteiger partial charge in [0.2, 0.25) is 0 Å². The van der Waals surface area contributed by atoms with Crippen LogP contribution in [0.2, 0.25) is 0 Å². The highest BCUT2D eigenvalue weighted by atomic mass is 16.5. The van der Waals surface area contributed by atoms with E-state index in [1.165, 1.54) is 0 Å². The maximum atomic E-state index is 10.3. The molecule has 0 fully saturated rings. The molecule has 3 N–H and O–H groups in total. The van der Waals surface area contributed by atoms with Gasteiger partial charge in [-0.05, 0) is 25.8 Å². The summed E-state index contributed by atoms with van der Waals surface area (Å²) in [5.74, 6) is 0. The molecule has 0 spiro atoms. The molecule has 0 radical (unpaired) electrons. The third-order valence-corrected chi connectivity index (χ3v) is 3.02. The molecule has 0 aliphatic carbocycles. The molecule has 96 valence electrons. The first kappa shape index (κ1) is 14.2. The van der Waals surface area contributed by atoms with Gasteiger partial charge < -0.3 is 15.6 Å². The van der Waals surface area contributed by atoms with Gasteiger partial charge in [-0.1, -0.05) is 37.3 Å². The van der Waals surface area contributed by atoms with Gasteiger partial charge in [0.1, 0.15) is 5.60 Å². The van der Waals surface area contributed by atoms with E-state index in [4.69, 9.17) is 10.5 Å². The molecule has 0 bridgehead atoms. The van der Waals surface area contributed by atoms with Crippen LogP contribution < -0.4 is 5.73 Å². The van der Waals surface area contributed by atoms with Crippen molar-refractivity contribution in [1.82, 2.24) is 0 Å². The summed E-state index contributed by atoms with van der Waals surface area (Å²) in [5.41, 5.74) is 5.54. The Morgan fingerprint density at radius 1 is 1.18 bits per heavy atom. The fourth-order valence-electron chi connectivity index (χ4n) is 1.47. The molecule has 1 aromatic carbocycles. The van der Waals surface area contributed by atoms with Crippen molar-refractivity contribution in [3.05, 3.63) is 35.9 Å². The quantitative estimate of drug-likeness (QED) is 0.796. The Kier molecular flexibility index (Phi) is 4.69. The highest BCUT2D eigenvalue weighted by molar-refractivity contribution is 5.21. The Bertz CT molecular complexity index is 333. The van der Waals surface area contributed by atoms with Crippen molar-refractivity contribution in [2.45, 2.75) is 38.3 Å². The van der Waals surface area contributed by atoms with Crippen LogP contribution in [0, 0.1) is 0 Å². The number of hydrogen-bond donors (Lipinski definition) is 2. The Balaban J connectivity index is 2.51. The van der Waals surface area contributed by atoms with E-state index in [9.17, 15) is 5.11 Å². The average Bonchev–Trinajstić information content (AvgIpc) is 2.30. The Labute approximate surface area is 104 Å². The molecular formula is C14H23NO2. The van der Waals surface area contributed by atoms with Crippen molar-refractivity contribution >= 4 is 0 Å². The largest absolute Gasteiger partial charge is 0.383 e. The maximum absolute atomic E-state index is 10.3. The zero-order valence-corrected chi connectivity index (χ0v) is 10.9. The summed E-state index contributed by atoms with van der Waals surface area (Å²) < 4.78 is 5.53. The highest BCUT2D eigenvalue weighted by Crippen LogP contribution is 2.21. The highest BCUT2D eigenvalue weighted by Gasteiger charge is 2.24. The summed E-state index contributed by atoms with van der Waals surface area (Å²) in [7, 11) is 0. The molecular weight excluding hydrogens is 214 g/mol. The van der Waals surface area contributed by atoms with E-state index in [2.05, 4.69) is 0 Å². The lowest BCUT2D eigenvalue weighted by atomic mass is 9.97. The molecule has 0 aliphatic rings. The van der Waals surface area contributed by atoms with E-state index in [1.807, 2.05) is 44.2 Å². The fourth-order valence-corrected chi connectivity index (χ4v) is 1.47. The molecule has 3 heteroatoms. The summed E-state index contributed by atoms with van der Waals surface area (Å²) in [6.45, 7) is 6.43. The van der Waals surface area contributed by atoms with Gasteiger partial charge in [-0.25, -0.2) is 0 Å². The molecule has 0 amide bonds. The SMILES string of the molecule is CCC(C)(N)COCC(C)(O)c1ccccc1. The van der Waals surface area contributed by atoms with Gasteiger partial charge in [0.05, 0.1) is 13.2 Å². The van der Waals surface area contributed by atoms with Gasteiger partial charge in [0.15, 0.2) is 0 Å². The van der Waals surface area contributed by atoms with Gasteiger partial charge in [-0.15, -0.1) is 0 Å². The van der Waals surface area contributed by atoms with Crippen LogP contribution in [0.15, 0.2) is 30.3 Å². The van der Waals surface area contributed by atoms with Gasteiger partial charge in [-0.2, -0.15) is 0 Å².